The molecule has 0 unspecified atom stereocenters. The number of nitrogens with zero attached hydrogens (tertiary/aromatic N) is 1. The predicted octanol–water partition coefficient (Wildman–Crippen LogP) is 2.92. The fraction of sp³-hybridized carbons (Fsp3) is 0.188. The first-order valence-corrected chi connectivity index (χ1v) is 6.63. The molecule has 2 aromatic rings. The van der Waals surface area contributed by atoms with E-state index >= 15 is 0 Å². The summed E-state index contributed by atoms with van der Waals surface area (Å²) in [6.45, 7) is 1.59. The Bertz CT molecular complexity index is 687. The van der Waals surface area contributed by atoms with Crippen molar-refractivity contribution in [3.05, 3.63) is 59.4 Å². The lowest BCUT2D eigenvalue weighted by molar-refractivity contribution is 0.0696. The van der Waals surface area contributed by atoms with Crippen LogP contribution in [0.1, 0.15) is 15.9 Å². The molecule has 1 heterocycles. The number of carboxylic acids is 1. The largest absolute Gasteiger partial charge is 0.490 e. The maximum absolute atomic E-state index is 14.0. The van der Waals surface area contributed by atoms with E-state index in [1.807, 2.05) is 29.2 Å². The van der Waals surface area contributed by atoms with E-state index in [0.29, 0.717) is 25.3 Å². The van der Waals surface area contributed by atoms with Crippen LogP contribution in [0, 0.1) is 5.82 Å². The Morgan fingerprint density at radius 3 is 2.86 bits per heavy atom. The van der Waals surface area contributed by atoms with Gasteiger partial charge in [-0.05, 0) is 24.3 Å². The van der Waals surface area contributed by atoms with E-state index < -0.39 is 11.8 Å². The molecule has 3 rings (SSSR count). The van der Waals surface area contributed by atoms with Gasteiger partial charge in [0.25, 0.3) is 0 Å². The summed E-state index contributed by atoms with van der Waals surface area (Å²) in [5.41, 5.74) is 1.35. The minimum atomic E-state index is -1.13. The average molecular weight is 287 g/mol. The van der Waals surface area contributed by atoms with Gasteiger partial charge in [0, 0.05) is 12.1 Å². The lowest BCUT2D eigenvalue weighted by atomic mass is 10.1. The zero-order chi connectivity index (χ0) is 14.8. The lowest BCUT2D eigenvalue weighted by Crippen LogP contribution is -2.32. The number of para-hydroxylation sites is 2. The van der Waals surface area contributed by atoms with E-state index in [-0.39, 0.29) is 5.56 Å². The molecule has 1 aliphatic rings. The van der Waals surface area contributed by atoms with Gasteiger partial charge in [-0.15, -0.1) is 0 Å². The number of halogens is 1. The first kappa shape index (κ1) is 13.4. The van der Waals surface area contributed by atoms with Gasteiger partial charge in [0.15, 0.2) is 0 Å². The molecule has 0 amide bonds. The highest BCUT2D eigenvalue weighted by atomic mass is 19.1. The molecule has 2 aromatic carbocycles. The summed E-state index contributed by atoms with van der Waals surface area (Å²) in [7, 11) is 0. The van der Waals surface area contributed by atoms with Crippen molar-refractivity contribution in [2.24, 2.45) is 0 Å². The van der Waals surface area contributed by atoms with E-state index in [2.05, 4.69) is 0 Å². The number of anilines is 1. The molecule has 0 aromatic heterocycles. The molecule has 0 radical (unpaired) electrons. The Morgan fingerprint density at radius 2 is 2.10 bits per heavy atom. The first-order chi connectivity index (χ1) is 10.1. The molecule has 21 heavy (non-hydrogen) atoms. The van der Waals surface area contributed by atoms with Crippen LogP contribution in [0.25, 0.3) is 0 Å². The van der Waals surface area contributed by atoms with Crippen molar-refractivity contribution in [1.82, 2.24) is 0 Å². The van der Waals surface area contributed by atoms with Crippen LogP contribution >= 0.6 is 0 Å². The summed E-state index contributed by atoms with van der Waals surface area (Å²) >= 11 is 0. The van der Waals surface area contributed by atoms with Crippen LogP contribution in [0.4, 0.5) is 10.1 Å². The van der Waals surface area contributed by atoms with Gasteiger partial charge >= 0.3 is 5.97 Å². The molecule has 1 aliphatic heterocycles. The molecule has 0 spiro atoms. The van der Waals surface area contributed by atoms with Crippen molar-refractivity contribution in [1.29, 1.82) is 0 Å². The smallest absolute Gasteiger partial charge is 0.335 e. The number of hydrogen-bond donors (Lipinski definition) is 1. The van der Waals surface area contributed by atoms with Gasteiger partial charge in [-0.25, -0.2) is 9.18 Å². The SMILES string of the molecule is O=C(O)c1ccc(CN2CCOc3ccccc32)c(F)c1. The average Bonchev–Trinajstić information content (AvgIpc) is 2.49. The minimum absolute atomic E-state index is 0.0429. The fourth-order valence-corrected chi connectivity index (χ4v) is 2.41. The third kappa shape index (κ3) is 2.67. The summed E-state index contributed by atoms with van der Waals surface area (Å²) in [5, 5.41) is 8.86. The number of hydrogen-bond acceptors (Lipinski definition) is 3. The summed E-state index contributed by atoms with van der Waals surface area (Å²) in [4.78, 5) is 12.8. The van der Waals surface area contributed by atoms with Crippen LogP contribution in [0.2, 0.25) is 0 Å². The molecule has 0 fully saturated rings. The molecule has 1 N–H and O–H groups in total. The maximum Gasteiger partial charge on any atom is 0.335 e. The Labute approximate surface area is 121 Å². The Balaban J connectivity index is 1.86. The van der Waals surface area contributed by atoms with Crippen LogP contribution in [0.15, 0.2) is 42.5 Å². The normalized spacial score (nSPS) is 13.5. The van der Waals surface area contributed by atoms with Crippen LogP contribution < -0.4 is 9.64 Å². The highest BCUT2D eigenvalue weighted by Crippen LogP contribution is 2.32. The summed E-state index contributed by atoms with van der Waals surface area (Å²) in [6.07, 6.45) is 0. The second-order valence-corrected chi connectivity index (χ2v) is 4.85. The number of benzene rings is 2. The van der Waals surface area contributed by atoms with E-state index in [1.165, 1.54) is 12.1 Å². The Hall–Kier alpha value is -2.56. The number of aromatic carboxylic acids is 1. The van der Waals surface area contributed by atoms with Crippen molar-refractivity contribution < 1.29 is 19.0 Å². The Kier molecular flexibility index (Phi) is 3.48. The van der Waals surface area contributed by atoms with E-state index in [0.717, 1.165) is 17.5 Å². The first-order valence-electron chi connectivity index (χ1n) is 6.63. The molecule has 0 saturated heterocycles. The second-order valence-electron chi connectivity index (χ2n) is 4.85. The van der Waals surface area contributed by atoms with Crippen molar-refractivity contribution in [2.75, 3.05) is 18.1 Å². The van der Waals surface area contributed by atoms with Gasteiger partial charge in [-0.1, -0.05) is 18.2 Å². The quantitative estimate of drug-likeness (QED) is 0.943. The van der Waals surface area contributed by atoms with E-state index in [1.54, 1.807) is 0 Å². The number of carboxylic acid groups (broad SMARTS) is 1. The van der Waals surface area contributed by atoms with Crippen molar-refractivity contribution in [3.63, 3.8) is 0 Å². The molecule has 0 saturated carbocycles. The highest BCUT2D eigenvalue weighted by molar-refractivity contribution is 5.87. The molecule has 5 heteroatoms. The number of fused-ring (bicyclic) bond motifs is 1. The molecule has 108 valence electrons. The predicted molar refractivity (Wildman–Crippen MR) is 76.3 cm³/mol. The number of ether oxygens (including phenoxy) is 1. The van der Waals surface area contributed by atoms with E-state index in [9.17, 15) is 9.18 Å². The number of rotatable bonds is 3. The van der Waals surface area contributed by atoms with Crippen LogP contribution in [0.3, 0.4) is 0 Å². The molecule has 4 nitrogen and oxygen atoms in total. The zero-order valence-electron chi connectivity index (χ0n) is 11.3. The lowest BCUT2D eigenvalue weighted by Gasteiger charge is -2.31. The van der Waals surface area contributed by atoms with Crippen LogP contribution in [-0.4, -0.2) is 24.2 Å². The van der Waals surface area contributed by atoms with Gasteiger partial charge in [-0.3, -0.25) is 0 Å². The highest BCUT2D eigenvalue weighted by Gasteiger charge is 2.19. The van der Waals surface area contributed by atoms with Crippen molar-refractivity contribution >= 4 is 11.7 Å². The number of carbonyl (C=O) groups is 1. The zero-order valence-corrected chi connectivity index (χ0v) is 11.3. The van der Waals surface area contributed by atoms with Gasteiger partial charge in [0.2, 0.25) is 0 Å². The molecule has 0 atom stereocenters. The second kappa shape index (κ2) is 5.44. The minimum Gasteiger partial charge on any atom is -0.490 e. The maximum atomic E-state index is 14.0. The van der Waals surface area contributed by atoms with Crippen molar-refractivity contribution in [3.8, 4) is 5.75 Å². The molecule has 0 aliphatic carbocycles. The summed E-state index contributed by atoms with van der Waals surface area (Å²) < 4.78 is 19.6. The fourth-order valence-electron chi connectivity index (χ4n) is 2.41. The third-order valence-corrected chi connectivity index (χ3v) is 3.49. The third-order valence-electron chi connectivity index (χ3n) is 3.49. The monoisotopic (exact) mass is 287 g/mol. The molecular weight excluding hydrogens is 273 g/mol. The molecular formula is C16H14FNO3. The van der Waals surface area contributed by atoms with E-state index in [4.69, 9.17) is 9.84 Å². The van der Waals surface area contributed by atoms with Crippen molar-refractivity contribution in [2.45, 2.75) is 6.54 Å². The summed E-state index contributed by atoms with van der Waals surface area (Å²) in [6, 6.07) is 11.6. The Morgan fingerprint density at radius 1 is 1.29 bits per heavy atom. The molecule has 0 bridgehead atoms. The van der Waals surface area contributed by atoms with Gasteiger partial charge in [0.05, 0.1) is 17.8 Å². The van der Waals surface area contributed by atoms with Gasteiger partial charge in [-0.2, -0.15) is 0 Å². The van der Waals surface area contributed by atoms with Gasteiger partial charge in [0.1, 0.15) is 18.2 Å². The standard InChI is InChI=1S/C16H14FNO3/c17-13-9-11(16(19)20)5-6-12(13)10-18-7-8-21-15-4-2-1-3-14(15)18/h1-6,9H,7-8,10H2,(H,19,20). The topological polar surface area (TPSA) is 49.8 Å². The van der Waals surface area contributed by atoms with Crippen LogP contribution in [0.5, 0.6) is 5.75 Å². The van der Waals surface area contributed by atoms with Gasteiger partial charge < -0.3 is 14.7 Å². The van der Waals surface area contributed by atoms with Crippen LogP contribution in [-0.2, 0) is 6.54 Å². The summed E-state index contributed by atoms with van der Waals surface area (Å²) in [5.74, 6) is -0.845.